The van der Waals surface area contributed by atoms with Gasteiger partial charge in [0.05, 0.1) is 0 Å². The van der Waals surface area contributed by atoms with Crippen LogP contribution in [0.5, 0.6) is 0 Å². The van der Waals surface area contributed by atoms with Crippen LogP contribution >= 0.6 is 15.9 Å². The van der Waals surface area contributed by atoms with E-state index in [1.54, 1.807) is 6.20 Å². The molecule has 1 atom stereocenters. The first-order valence-corrected chi connectivity index (χ1v) is 7.68. The van der Waals surface area contributed by atoms with Crippen LogP contribution in [0.1, 0.15) is 33.1 Å². The van der Waals surface area contributed by atoms with Crippen molar-refractivity contribution in [2.24, 2.45) is 0 Å². The second kappa shape index (κ2) is 6.66. The average molecular weight is 330 g/mol. The first-order valence-electron chi connectivity index (χ1n) is 6.89. The quantitative estimate of drug-likeness (QED) is 0.918. The molecule has 19 heavy (non-hydrogen) atoms. The van der Waals surface area contributed by atoms with Gasteiger partial charge in [0.2, 0.25) is 0 Å². The van der Waals surface area contributed by atoms with E-state index in [9.17, 15) is 4.39 Å². The summed E-state index contributed by atoms with van der Waals surface area (Å²) in [5, 5.41) is 3.50. The molecule has 0 radical (unpaired) electrons. The third-order valence-corrected chi connectivity index (χ3v) is 3.95. The standard InChI is InChI=1S/C14H21BrFN3/c1-10(2)19(9-12-5-3-4-6-17-12)14-13(16)7-11(15)8-18-14/h7-8,10,12,17H,3-6,9H2,1-2H3. The summed E-state index contributed by atoms with van der Waals surface area (Å²) in [5.74, 6) is 0.185. The lowest BCUT2D eigenvalue weighted by Gasteiger charge is -2.34. The lowest BCUT2D eigenvalue weighted by atomic mass is 10.0. The van der Waals surface area contributed by atoms with E-state index in [1.165, 1.54) is 18.9 Å². The molecule has 3 nitrogen and oxygen atoms in total. The third kappa shape index (κ3) is 3.89. The number of hydrogen-bond donors (Lipinski definition) is 1. The number of aromatic nitrogens is 1. The van der Waals surface area contributed by atoms with Crippen molar-refractivity contribution < 1.29 is 4.39 Å². The fourth-order valence-electron chi connectivity index (χ4n) is 2.48. The van der Waals surface area contributed by atoms with Crippen LogP contribution in [-0.4, -0.2) is 30.2 Å². The van der Waals surface area contributed by atoms with E-state index in [4.69, 9.17) is 0 Å². The molecule has 1 aromatic rings. The molecule has 1 fully saturated rings. The number of pyridine rings is 1. The zero-order valence-corrected chi connectivity index (χ0v) is 13.1. The number of rotatable bonds is 4. The Bertz CT molecular complexity index is 419. The number of anilines is 1. The molecule has 2 rings (SSSR count). The maximum atomic E-state index is 14.1. The second-order valence-electron chi connectivity index (χ2n) is 5.35. The summed E-state index contributed by atoms with van der Waals surface area (Å²) in [6, 6.07) is 2.14. The minimum Gasteiger partial charge on any atom is -0.350 e. The van der Waals surface area contributed by atoms with Crippen molar-refractivity contribution in [2.45, 2.75) is 45.2 Å². The van der Waals surface area contributed by atoms with E-state index >= 15 is 0 Å². The molecule has 1 aliphatic heterocycles. The van der Waals surface area contributed by atoms with Gasteiger partial charge < -0.3 is 10.2 Å². The van der Waals surface area contributed by atoms with Crippen molar-refractivity contribution >= 4 is 21.7 Å². The van der Waals surface area contributed by atoms with Crippen LogP contribution in [0.3, 0.4) is 0 Å². The first-order chi connectivity index (χ1) is 9.08. The summed E-state index contributed by atoms with van der Waals surface area (Å²) in [4.78, 5) is 6.29. The zero-order chi connectivity index (χ0) is 13.8. The fourth-order valence-corrected chi connectivity index (χ4v) is 2.78. The van der Waals surface area contributed by atoms with Crippen molar-refractivity contribution in [3.63, 3.8) is 0 Å². The van der Waals surface area contributed by atoms with Gasteiger partial charge in [-0.05, 0) is 55.2 Å². The number of halogens is 2. The Labute approximate surface area is 122 Å². The van der Waals surface area contributed by atoms with E-state index in [0.717, 1.165) is 19.5 Å². The summed E-state index contributed by atoms with van der Waals surface area (Å²) in [5.41, 5.74) is 0. The molecule has 1 saturated heterocycles. The number of piperidine rings is 1. The summed E-state index contributed by atoms with van der Waals surface area (Å²) in [6.45, 7) is 6.02. The maximum Gasteiger partial charge on any atom is 0.166 e. The lowest BCUT2D eigenvalue weighted by molar-refractivity contribution is 0.391. The van der Waals surface area contributed by atoms with E-state index in [0.29, 0.717) is 16.3 Å². The number of nitrogens with one attached hydrogen (secondary N) is 1. The third-order valence-electron chi connectivity index (χ3n) is 3.51. The summed E-state index contributed by atoms with van der Waals surface area (Å²) >= 11 is 3.25. The van der Waals surface area contributed by atoms with Gasteiger partial charge in [-0.2, -0.15) is 0 Å². The molecule has 0 amide bonds. The van der Waals surface area contributed by atoms with Gasteiger partial charge in [-0.25, -0.2) is 9.37 Å². The zero-order valence-electron chi connectivity index (χ0n) is 11.5. The van der Waals surface area contributed by atoms with E-state index in [1.807, 2.05) is 4.90 Å². The molecule has 5 heteroatoms. The van der Waals surface area contributed by atoms with Gasteiger partial charge in [-0.1, -0.05) is 6.42 Å². The largest absolute Gasteiger partial charge is 0.350 e. The molecule has 1 unspecified atom stereocenters. The van der Waals surface area contributed by atoms with Crippen molar-refractivity contribution in [1.29, 1.82) is 0 Å². The van der Waals surface area contributed by atoms with Gasteiger partial charge >= 0.3 is 0 Å². The fraction of sp³-hybridized carbons (Fsp3) is 0.643. The highest BCUT2D eigenvalue weighted by Crippen LogP contribution is 2.23. The molecule has 1 aliphatic rings. The molecular weight excluding hydrogens is 309 g/mol. The van der Waals surface area contributed by atoms with E-state index < -0.39 is 0 Å². The highest BCUT2D eigenvalue weighted by molar-refractivity contribution is 9.10. The summed E-state index contributed by atoms with van der Waals surface area (Å²) < 4.78 is 14.7. The Kier molecular flexibility index (Phi) is 5.16. The smallest absolute Gasteiger partial charge is 0.166 e. The molecule has 0 spiro atoms. The molecule has 0 saturated carbocycles. The van der Waals surface area contributed by atoms with Gasteiger partial charge in [0.1, 0.15) is 0 Å². The molecule has 1 N–H and O–H groups in total. The molecule has 1 aromatic heterocycles. The highest BCUT2D eigenvalue weighted by atomic mass is 79.9. The van der Waals surface area contributed by atoms with Gasteiger partial charge in [0, 0.05) is 29.3 Å². The topological polar surface area (TPSA) is 28.2 Å². The Morgan fingerprint density at radius 1 is 1.53 bits per heavy atom. The van der Waals surface area contributed by atoms with Gasteiger partial charge in [-0.3, -0.25) is 0 Å². The predicted octanol–water partition coefficient (Wildman–Crippen LogP) is 3.34. The summed E-state index contributed by atoms with van der Waals surface area (Å²) in [6.07, 6.45) is 5.30. The normalized spacial score (nSPS) is 19.7. The molecule has 106 valence electrons. The Hall–Kier alpha value is -0.680. The minimum absolute atomic E-state index is 0.229. The van der Waals surface area contributed by atoms with Crippen LogP contribution in [0.4, 0.5) is 10.2 Å². The van der Waals surface area contributed by atoms with Gasteiger partial charge in [-0.15, -0.1) is 0 Å². The molecule has 0 bridgehead atoms. The molecule has 0 aliphatic carbocycles. The molecule has 2 heterocycles. The Balaban J connectivity index is 2.14. The van der Waals surface area contributed by atoms with Crippen molar-refractivity contribution in [3.05, 3.63) is 22.6 Å². The predicted molar refractivity (Wildman–Crippen MR) is 80.0 cm³/mol. The number of hydrogen-bond acceptors (Lipinski definition) is 3. The maximum absolute atomic E-state index is 14.1. The van der Waals surface area contributed by atoms with Crippen LogP contribution in [0.2, 0.25) is 0 Å². The van der Waals surface area contributed by atoms with Crippen molar-refractivity contribution in [1.82, 2.24) is 10.3 Å². The van der Waals surface area contributed by atoms with Crippen LogP contribution in [0.15, 0.2) is 16.7 Å². The SMILES string of the molecule is CC(C)N(CC1CCCCN1)c1ncc(Br)cc1F. The highest BCUT2D eigenvalue weighted by Gasteiger charge is 2.22. The molecular formula is C14H21BrFN3. The summed E-state index contributed by atoms with van der Waals surface area (Å²) in [7, 11) is 0. The molecule has 0 aromatic carbocycles. The van der Waals surface area contributed by atoms with Crippen LogP contribution < -0.4 is 10.2 Å². The lowest BCUT2D eigenvalue weighted by Crippen LogP contribution is -2.46. The average Bonchev–Trinajstić information content (AvgIpc) is 2.38. The monoisotopic (exact) mass is 329 g/mol. The second-order valence-corrected chi connectivity index (χ2v) is 6.27. The van der Waals surface area contributed by atoms with Crippen molar-refractivity contribution in [2.75, 3.05) is 18.0 Å². The van der Waals surface area contributed by atoms with Crippen LogP contribution in [0.25, 0.3) is 0 Å². The van der Waals surface area contributed by atoms with Crippen molar-refractivity contribution in [3.8, 4) is 0 Å². The first kappa shape index (κ1) is 14.7. The van der Waals surface area contributed by atoms with Crippen LogP contribution in [-0.2, 0) is 0 Å². The van der Waals surface area contributed by atoms with E-state index in [2.05, 4.69) is 40.1 Å². The minimum atomic E-state index is -0.265. The van der Waals surface area contributed by atoms with E-state index in [-0.39, 0.29) is 11.9 Å². The van der Waals surface area contributed by atoms with Crippen LogP contribution in [0, 0.1) is 5.82 Å². The Morgan fingerprint density at radius 2 is 2.32 bits per heavy atom. The van der Waals surface area contributed by atoms with Gasteiger partial charge in [0.15, 0.2) is 11.6 Å². The van der Waals surface area contributed by atoms with Gasteiger partial charge in [0.25, 0.3) is 0 Å². The Morgan fingerprint density at radius 3 is 2.89 bits per heavy atom. The number of nitrogens with zero attached hydrogens (tertiary/aromatic N) is 2.